The van der Waals surface area contributed by atoms with Crippen LogP contribution in [-0.4, -0.2) is 11.9 Å². The van der Waals surface area contributed by atoms with Crippen LogP contribution >= 0.6 is 0 Å². The minimum atomic E-state index is -0.730. The Morgan fingerprint density at radius 1 is 0.875 bits per heavy atom. The van der Waals surface area contributed by atoms with Gasteiger partial charge in [-0.2, -0.15) is 0 Å². The van der Waals surface area contributed by atoms with E-state index in [0.29, 0.717) is 10.8 Å². The molecule has 2 heterocycles. The van der Waals surface area contributed by atoms with Gasteiger partial charge in [-0.25, -0.2) is 9.59 Å². The highest BCUT2D eigenvalue weighted by molar-refractivity contribution is 6.14. The SMILES string of the molecule is C=COC(=O)c1c(N)oc2cc3c(C(=O)OC=C)c(N)oc3cc12. The molecule has 0 spiro atoms. The summed E-state index contributed by atoms with van der Waals surface area (Å²) in [5.41, 5.74) is 12.0. The Balaban J connectivity index is 2.27. The number of hydrogen-bond acceptors (Lipinski definition) is 8. The van der Waals surface area contributed by atoms with Crippen molar-refractivity contribution in [3.63, 3.8) is 0 Å². The van der Waals surface area contributed by atoms with Gasteiger partial charge in [-0.05, 0) is 12.1 Å². The number of rotatable bonds is 4. The van der Waals surface area contributed by atoms with E-state index in [-0.39, 0.29) is 34.1 Å². The van der Waals surface area contributed by atoms with Gasteiger partial charge in [0, 0.05) is 10.8 Å². The molecule has 0 amide bonds. The van der Waals surface area contributed by atoms with E-state index in [0.717, 1.165) is 12.5 Å². The van der Waals surface area contributed by atoms with Crippen LogP contribution in [0, 0.1) is 0 Å². The lowest BCUT2D eigenvalue weighted by molar-refractivity contribution is 0.0657. The molecule has 122 valence electrons. The van der Waals surface area contributed by atoms with Gasteiger partial charge < -0.3 is 29.8 Å². The van der Waals surface area contributed by atoms with Gasteiger partial charge in [-0.15, -0.1) is 0 Å². The maximum atomic E-state index is 12.0. The minimum Gasteiger partial charge on any atom is -0.440 e. The summed E-state index contributed by atoms with van der Waals surface area (Å²) >= 11 is 0. The van der Waals surface area contributed by atoms with Crippen molar-refractivity contribution in [2.45, 2.75) is 0 Å². The van der Waals surface area contributed by atoms with E-state index in [4.69, 9.17) is 29.8 Å². The number of hydrogen-bond donors (Lipinski definition) is 2. The predicted molar refractivity (Wildman–Crippen MR) is 86.0 cm³/mol. The molecule has 0 fully saturated rings. The number of nitrogens with two attached hydrogens (primary N) is 2. The molecular formula is C16H12N2O6. The molecule has 0 saturated carbocycles. The summed E-state index contributed by atoms with van der Waals surface area (Å²) in [5.74, 6) is -1.72. The second-order valence-corrected chi connectivity index (χ2v) is 4.67. The predicted octanol–water partition coefficient (Wildman–Crippen LogP) is 2.94. The Kier molecular flexibility index (Phi) is 3.49. The Bertz CT molecular complexity index is 929. The summed E-state index contributed by atoms with van der Waals surface area (Å²) in [6.07, 6.45) is 1.96. The molecule has 0 bridgehead atoms. The molecule has 0 unspecified atom stereocenters. The first kappa shape index (κ1) is 15.2. The van der Waals surface area contributed by atoms with E-state index in [1.807, 2.05) is 0 Å². The molecule has 0 atom stereocenters. The van der Waals surface area contributed by atoms with Crippen LogP contribution in [-0.2, 0) is 9.47 Å². The second kappa shape index (κ2) is 5.51. The van der Waals surface area contributed by atoms with E-state index < -0.39 is 11.9 Å². The zero-order chi connectivity index (χ0) is 17.4. The third-order valence-electron chi connectivity index (χ3n) is 3.34. The minimum absolute atomic E-state index is 0.0250. The number of fused-ring (bicyclic) bond motifs is 2. The molecule has 0 saturated heterocycles. The molecule has 1 aromatic carbocycles. The highest BCUT2D eigenvalue weighted by Gasteiger charge is 2.25. The summed E-state index contributed by atoms with van der Waals surface area (Å²) in [7, 11) is 0. The van der Waals surface area contributed by atoms with Gasteiger partial charge in [0.05, 0.1) is 12.5 Å². The number of carbonyl (C=O) groups is 2. The highest BCUT2D eigenvalue weighted by Crippen LogP contribution is 2.36. The van der Waals surface area contributed by atoms with E-state index in [2.05, 4.69) is 13.2 Å². The van der Waals surface area contributed by atoms with Crippen molar-refractivity contribution in [2.24, 2.45) is 0 Å². The van der Waals surface area contributed by atoms with Gasteiger partial charge in [0.1, 0.15) is 22.3 Å². The Hall–Kier alpha value is -3.68. The zero-order valence-corrected chi connectivity index (χ0v) is 12.3. The monoisotopic (exact) mass is 328 g/mol. The lowest BCUT2D eigenvalue weighted by Gasteiger charge is -1.98. The molecule has 4 N–H and O–H groups in total. The smallest absolute Gasteiger partial charge is 0.349 e. The van der Waals surface area contributed by atoms with E-state index in [1.165, 1.54) is 12.1 Å². The fourth-order valence-corrected chi connectivity index (χ4v) is 2.41. The van der Waals surface area contributed by atoms with Crippen LogP contribution < -0.4 is 11.5 Å². The van der Waals surface area contributed by atoms with Gasteiger partial charge in [-0.1, -0.05) is 13.2 Å². The first-order valence-corrected chi connectivity index (χ1v) is 6.65. The summed E-state index contributed by atoms with van der Waals surface area (Å²) in [4.78, 5) is 23.9. The number of nitrogen functional groups attached to an aromatic ring is 2. The Morgan fingerprint density at radius 2 is 1.25 bits per heavy atom. The van der Waals surface area contributed by atoms with Crippen LogP contribution in [0.1, 0.15) is 20.7 Å². The lowest BCUT2D eigenvalue weighted by Crippen LogP contribution is -2.03. The van der Waals surface area contributed by atoms with Gasteiger partial charge in [0.25, 0.3) is 0 Å². The molecule has 0 aliphatic rings. The van der Waals surface area contributed by atoms with Gasteiger partial charge in [0.15, 0.2) is 0 Å². The van der Waals surface area contributed by atoms with Crippen LogP contribution in [0.15, 0.2) is 46.6 Å². The summed E-state index contributed by atoms with van der Waals surface area (Å²) in [6.45, 7) is 6.63. The molecule has 3 rings (SSSR count). The molecule has 24 heavy (non-hydrogen) atoms. The number of benzene rings is 1. The largest absolute Gasteiger partial charge is 0.440 e. The zero-order valence-electron chi connectivity index (χ0n) is 12.3. The van der Waals surface area contributed by atoms with Crippen molar-refractivity contribution in [3.05, 3.63) is 48.9 Å². The van der Waals surface area contributed by atoms with Crippen molar-refractivity contribution in [3.8, 4) is 0 Å². The molecule has 2 aromatic heterocycles. The highest BCUT2D eigenvalue weighted by atomic mass is 16.5. The van der Waals surface area contributed by atoms with Crippen molar-refractivity contribution >= 4 is 45.6 Å². The van der Waals surface area contributed by atoms with Crippen molar-refractivity contribution in [2.75, 3.05) is 11.5 Å². The Labute approximate surface area is 134 Å². The number of ether oxygens (including phenoxy) is 2. The standard InChI is InChI=1S/C16H12N2O6/c1-3-21-15(19)11-7-5-10-8(6-9(7)23-13(11)17)12(14(18)24-10)16(20)22-4-2/h3-6H,1-2,17-18H2. The lowest BCUT2D eigenvalue weighted by atomic mass is 10.1. The average Bonchev–Trinajstić information content (AvgIpc) is 2.99. The number of furan rings is 2. The topological polar surface area (TPSA) is 131 Å². The molecule has 0 aliphatic heterocycles. The quantitative estimate of drug-likeness (QED) is 0.552. The molecule has 3 aromatic rings. The third-order valence-corrected chi connectivity index (χ3v) is 3.34. The van der Waals surface area contributed by atoms with Gasteiger partial charge >= 0.3 is 11.9 Å². The molecule has 8 heteroatoms. The van der Waals surface area contributed by atoms with E-state index in [9.17, 15) is 9.59 Å². The van der Waals surface area contributed by atoms with E-state index >= 15 is 0 Å². The number of carbonyl (C=O) groups excluding carboxylic acids is 2. The summed E-state index contributed by atoms with van der Waals surface area (Å²) in [5, 5.41) is 0.702. The normalized spacial score (nSPS) is 10.7. The third kappa shape index (κ3) is 2.17. The van der Waals surface area contributed by atoms with Crippen molar-refractivity contribution < 1.29 is 27.9 Å². The number of esters is 2. The van der Waals surface area contributed by atoms with Crippen LogP contribution in [0.4, 0.5) is 11.8 Å². The van der Waals surface area contributed by atoms with Crippen LogP contribution in [0.2, 0.25) is 0 Å². The average molecular weight is 328 g/mol. The maximum Gasteiger partial charge on any atom is 0.349 e. The van der Waals surface area contributed by atoms with Gasteiger partial charge in [-0.3, -0.25) is 0 Å². The first-order chi connectivity index (χ1) is 11.5. The van der Waals surface area contributed by atoms with Crippen LogP contribution in [0.3, 0.4) is 0 Å². The fourth-order valence-electron chi connectivity index (χ4n) is 2.41. The Morgan fingerprint density at radius 3 is 1.58 bits per heavy atom. The van der Waals surface area contributed by atoms with Crippen molar-refractivity contribution in [1.29, 1.82) is 0 Å². The molecule has 0 aliphatic carbocycles. The molecule has 0 radical (unpaired) electrons. The molecular weight excluding hydrogens is 316 g/mol. The number of anilines is 2. The van der Waals surface area contributed by atoms with E-state index in [1.54, 1.807) is 0 Å². The van der Waals surface area contributed by atoms with Crippen LogP contribution in [0.25, 0.3) is 21.9 Å². The summed E-state index contributed by atoms with van der Waals surface area (Å²) in [6, 6.07) is 2.95. The fraction of sp³-hybridized carbons (Fsp3) is 0. The van der Waals surface area contributed by atoms with Crippen LogP contribution in [0.5, 0.6) is 0 Å². The van der Waals surface area contributed by atoms with Crippen molar-refractivity contribution in [1.82, 2.24) is 0 Å². The summed E-state index contributed by atoms with van der Waals surface area (Å²) < 4.78 is 20.2. The van der Waals surface area contributed by atoms with Gasteiger partial charge in [0.2, 0.25) is 11.8 Å². The first-order valence-electron chi connectivity index (χ1n) is 6.65. The second-order valence-electron chi connectivity index (χ2n) is 4.67. The molecule has 8 nitrogen and oxygen atoms in total. The maximum absolute atomic E-state index is 12.0.